The van der Waals surface area contributed by atoms with Crippen molar-refractivity contribution < 1.29 is 34.7 Å². The molecule has 0 amide bonds. The molecule has 0 aliphatic heterocycles. The molecule has 0 heterocycles. The zero-order valence-electron chi connectivity index (χ0n) is 5.60. The molecule has 0 aromatic heterocycles. The minimum atomic E-state index is -1.46. The van der Waals surface area contributed by atoms with E-state index in [0.717, 1.165) is 0 Å². The summed E-state index contributed by atoms with van der Waals surface area (Å²) < 4.78 is 0. The van der Waals surface area contributed by atoms with E-state index in [1.165, 1.54) is 12.2 Å². The van der Waals surface area contributed by atoms with Gasteiger partial charge >= 0.3 is 29.6 Å². The molecule has 0 aromatic carbocycles. The Bertz CT molecular complexity index is 175. The van der Waals surface area contributed by atoms with Gasteiger partial charge in [-0.15, -0.1) is 11.6 Å². The van der Waals surface area contributed by atoms with Gasteiger partial charge in [0.2, 0.25) is 0 Å². The van der Waals surface area contributed by atoms with E-state index in [0.29, 0.717) is 5.03 Å². The first-order valence-electron chi connectivity index (χ1n) is 2.54. The van der Waals surface area contributed by atoms with Crippen molar-refractivity contribution in [3.8, 4) is 0 Å². The zero-order valence-corrected chi connectivity index (χ0v) is 9.12. The Morgan fingerprint density at radius 2 is 2.20 bits per heavy atom. The Labute approximate surface area is 92.0 Å². The number of hydrogen-bond acceptors (Lipinski definition) is 1. The average molecular weight is 187 g/mol. The predicted molar refractivity (Wildman–Crippen MR) is 36.3 cm³/mol. The Balaban J connectivity index is 0.000000810. The molecule has 0 aromatic rings. The van der Waals surface area contributed by atoms with Gasteiger partial charge in [0.15, 0.2) is 0 Å². The number of rotatable bonds is 0. The fraction of sp³-hybridized carbons (Fsp3) is 0.333. The van der Waals surface area contributed by atoms with Gasteiger partial charge in [-0.2, -0.15) is 0 Å². The van der Waals surface area contributed by atoms with Gasteiger partial charge in [0.05, 0.1) is 0 Å². The molecule has 1 rings (SSSR count). The predicted octanol–water partition coefficient (Wildman–Crippen LogP) is -1.63. The van der Waals surface area contributed by atoms with E-state index in [4.69, 9.17) is 23.2 Å². The number of hydrogen-bond donors (Lipinski definition) is 0. The smallest absolute Gasteiger partial charge is 0.834 e. The van der Waals surface area contributed by atoms with Crippen LogP contribution in [0.2, 0.25) is 0 Å². The number of allylic oxidation sites excluding steroid dienone is 2. The monoisotopic (exact) mass is 186 g/mol. The van der Waals surface area contributed by atoms with Crippen LogP contribution < -0.4 is 34.7 Å². The molecular formula is C6H5Cl2NaO. The second-order valence-electron chi connectivity index (χ2n) is 1.91. The maximum absolute atomic E-state index is 10.8. The maximum Gasteiger partial charge on any atom is 1.00 e. The molecule has 1 aliphatic rings. The third-order valence-corrected chi connectivity index (χ3v) is 1.63. The van der Waals surface area contributed by atoms with Gasteiger partial charge in [0.25, 0.3) is 0 Å². The van der Waals surface area contributed by atoms with E-state index in [1.807, 2.05) is 0 Å². The molecule has 0 radical (unpaired) electrons. The van der Waals surface area contributed by atoms with Crippen LogP contribution in [0.25, 0.3) is 0 Å². The van der Waals surface area contributed by atoms with Gasteiger partial charge in [-0.1, -0.05) is 23.8 Å². The van der Waals surface area contributed by atoms with Crippen LogP contribution in [0.3, 0.4) is 0 Å². The van der Waals surface area contributed by atoms with Gasteiger partial charge in [0.1, 0.15) is 0 Å². The maximum atomic E-state index is 10.8. The van der Waals surface area contributed by atoms with Crippen LogP contribution in [-0.4, -0.2) is 5.06 Å². The van der Waals surface area contributed by atoms with E-state index in [2.05, 4.69) is 0 Å². The summed E-state index contributed by atoms with van der Waals surface area (Å²) in [5, 5.41) is 9.97. The molecular weight excluding hydrogens is 182 g/mol. The standard InChI is InChI=1S/C6H5Cl2O.Na/c7-5-1-3-6(8,9)4-2-5;/h1-3H,4H2;/q-1;+1. The summed E-state index contributed by atoms with van der Waals surface area (Å²) in [7, 11) is 0. The van der Waals surface area contributed by atoms with E-state index in [-0.39, 0.29) is 36.0 Å². The van der Waals surface area contributed by atoms with Crippen LogP contribution in [0.4, 0.5) is 0 Å². The minimum absolute atomic E-state index is 0. The van der Waals surface area contributed by atoms with Crippen molar-refractivity contribution in [2.24, 2.45) is 0 Å². The van der Waals surface area contributed by atoms with Crippen LogP contribution in [0, 0.1) is 0 Å². The number of alkyl halides is 1. The third kappa shape index (κ3) is 3.42. The third-order valence-electron chi connectivity index (χ3n) is 1.07. The zero-order chi connectivity index (χ0) is 6.91. The fourth-order valence-corrected chi connectivity index (χ4v) is 0.857. The molecule has 0 spiro atoms. The molecule has 0 fully saturated rings. The average Bonchev–Trinajstić information content (AvgIpc) is 1.78. The van der Waals surface area contributed by atoms with Crippen LogP contribution >= 0.6 is 23.2 Å². The first-order chi connectivity index (χ1) is 4.10. The molecule has 1 atom stereocenters. The van der Waals surface area contributed by atoms with Crippen molar-refractivity contribution in [1.82, 2.24) is 0 Å². The molecule has 0 N–H and O–H groups in total. The van der Waals surface area contributed by atoms with Crippen molar-refractivity contribution in [3.05, 3.63) is 23.3 Å². The molecule has 1 nitrogen and oxygen atoms in total. The van der Waals surface area contributed by atoms with Gasteiger partial charge in [-0.25, -0.2) is 0 Å². The normalized spacial score (nSPS) is 30.9. The summed E-state index contributed by atoms with van der Waals surface area (Å²) in [6.07, 6.45) is 4.76. The number of halogens is 2. The van der Waals surface area contributed by atoms with Crippen molar-refractivity contribution in [1.29, 1.82) is 0 Å². The molecule has 4 heteroatoms. The topological polar surface area (TPSA) is 23.1 Å². The molecule has 1 aliphatic carbocycles. The van der Waals surface area contributed by atoms with E-state index < -0.39 is 5.06 Å². The quantitative estimate of drug-likeness (QED) is 0.329. The van der Waals surface area contributed by atoms with E-state index in [9.17, 15) is 5.11 Å². The molecule has 1 unspecified atom stereocenters. The Morgan fingerprint density at radius 3 is 2.50 bits per heavy atom. The van der Waals surface area contributed by atoms with Gasteiger partial charge in [-0.3, -0.25) is 0 Å². The second-order valence-corrected chi connectivity index (χ2v) is 2.99. The van der Waals surface area contributed by atoms with Crippen LogP contribution in [-0.2, 0) is 0 Å². The van der Waals surface area contributed by atoms with Gasteiger partial charge in [-0.05, 0) is 17.6 Å². The molecule has 0 saturated heterocycles. The largest absolute Gasteiger partial charge is 1.00 e. The second kappa shape index (κ2) is 4.15. The molecule has 0 saturated carbocycles. The van der Waals surface area contributed by atoms with Crippen molar-refractivity contribution in [2.45, 2.75) is 11.5 Å². The first kappa shape index (κ1) is 11.0. The molecule has 0 bridgehead atoms. The molecule has 10 heavy (non-hydrogen) atoms. The SMILES string of the molecule is [Na+].[O-]C1(Cl)C=CC(Cl)=CC1. The van der Waals surface area contributed by atoms with E-state index in [1.54, 1.807) is 6.08 Å². The van der Waals surface area contributed by atoms with Gasteiger partial charge in [0, 0.05) is 5.03 Å². The van der Waals surface area contributed by atoms with Crippen molar-refractivity contribution in [2.75, 3.05) is 0 Å². The van der Waals surface area contributed by atoms with Crippen LogP contribution in [0.5, 0.6) is 0 Å². The van der Waals surface area contributed by atoms with Crippen LogP contribution in [0.15, 0.2) is 23.3 Å². The Kier molecular flexibility index (Phi) is 4.57. The summed E-state index contributed by atoms with van der Waals surface area (Å²) in [5.41, 5.74) is 0. The van der Waals surface area contributed by atoms with Crippen LogP contribution in [0.1, 0.15) is 6.42 Å². The van der Waals surface area contributed by atoms with E-state index >= 15 is 0 Å². The van der Waals surface area contributed by atoms with Crippen molar-refractivity contribution >= 4 is 23.2 Å². The van der Waals surface area contributed by atoms with Gasteiger partial charge < -0.3 is 5.11 Å². The first-order valence-corrected chi connectivity index (χ1v) is 3.30. The summed E-state index contributed by atoms with van der Waals surface area (Å²) >= 11 is 10.9. The fourth-order valence-electron chi connectivity index (χ4n) is 0.577. The minimum Gasteiger partial charge on any atom is -0.834 e. The summed E-state index contributed by atoms with van der Waals surface area (Å²) in [6.45, 7) is 0. The van der Waals surface area contributed by atoms with Crippen molar-refractivity contribution in [3.63, 3.8) is 0 Å². The molecule has 50 valence electrons. The summed E-state index contributed by atoms with van der Waals surface area (Å²) in [5.74, 6) is 0. The summed E-state index contributed by atoms with van der Waals surface area (Å²) in [4.78, 5) is 0. The summed E-state index contributed by atoms with van der Waals surface area (Å²) in [6, 6.07) is 0. The Hall–Kier alpha value is 1.02. The Morgan fingerprint density at radius 1 is 1.60 bits per heavy atom.